The topological polar surface area (TPSA) is 70.2 Å². The molecule has 0 unspecified atom stereocenters. The van der Waals surface area contributed by atoms with E-state index in [1.165, 1.54) is 19.2 Å². The SMILES string of the molecule is COc1ccc(NC(=O)CN(C)Cc2nc3ccc(F)cc3[nH]2)cc1Cl. The average molecular weight is 377 g/mol. The van der Waals surface area contributed by atoms with Gasteiger partial charge in [0, 0.05) is 5.69 Å². The number of nitrogens with one attached hydrogen (secondary N) is 2. The summed E-state index contributed by atoms with van der Waals surface area (Å²) in [6, 6.07) is 9.42. The van der Waals surface area contributed by atoms with E-state index in [2.05, 4.69) is 15.3 Å². The summed E-state index contributed by atoms with van der Waals surface area (Å²) < 4.78 is 18.3. The van der Waals surface area contributed by atoms with Crippen LogP contribution in [0, 0.1) is 5.82 Å². The number of nitrogens with zero attached hydrogens (tertiary/aromatic N) is 2. The van der Waals surface area contributed by atoms with Crippen molar-refractivity contribution in [2.75, 3.05) is 26.0 Å². The summed E-state index contributed by atoms with van der Waals surface area (Å²) in [4.78, 5) is 21.4. The van der Waals surface area contributed by atoms with Gasteiger partial charge in [0.1, 0.15) is 17.4 Å². The molecule has 2 aromatic carbocycles. The highest BCUT2D eigenvalue weighted by Crippen LogP contribution is 2.27. The van der Waals surface area contributed by atoms with Gasteiger partial charge in [-0.25, -0.2) is 9.37 Å². The van der Waals surface area contributed by atoms with E-state index in [9.17, 15) is 9.18 Å². The number of H-pyrrole nitrogens is 1. The zero-order valence-electron chi connectivity index (χ0n) is 14.3. The molecule has 0 bridgehead atoms. The first-order valence-electron chi connectivity index (χ1n) is 7.90. The molecule has 136 valence electrons. The number of anilines is 1. The molecule has 0 saturated carbocycles. The first-order valence-corrected chi connectivity index (χ1v) is 8.28. The maximum atomic E-state index is 13.2. The largest absolute Gasteiger partial charge is 0.495 e. The quantitative estimate of drug-likeness (QED) is 0.691. The molecule has 1 aromatic heterocycles. The predicted molar refractivity (Wildman–Crippen MR) is 99.0 cm³/mol. The van der Waals surface area contributed by atoms with Gasteiger partial charge in [0.15, 0.2) is 0 Å². The molecule has 0 aliphatic heterocycles. The van der Waals surface area contributed by atoms with Gasteiger partial charge in [0.25, 0.3) is 0 Å². The number of carbonyl (C=O) groups is 1. The van der Waals surface area contributed by atoms with Crippen LogP contribution in [0.15, 0.2) is 36.4 Å². The lowest BCUT2D eigenvalue weighted by molar-refractivity contribution is -0.117. The number of benzene rings is 2. The van der Waals surface area contributed by atoms with Gasteiger partial charge < -0.3 is 15.0 Å². The number of halogens is 2. The van der Waals surface area contributed by atoms with E-state index in [0.717, 1.165) is 0 Å². The van der Waals surface area contributed by atoms with E-state index in [1.54, 1.807) is 36.2 Å². The zero-order chi connectivity index (χ0) is 18.7. The van der Waals surface area contributed by atoms with E-state index in [-0.39, 0.29) is 18.3 Å². The second-order valence-corrected chi connectivity index (χ2v) is 6.32. The third kappa shape index (κ3) is 4.30. The highest BCUT2D eigenvalue weighted by molar-refractivity contribution is 6.32. The highest BCUT2D eigenvalue weighted by Gasteiger charge is 2.11. The van der Waals surface area contributed by atoms with Gasteiger partial charge in [-0.15, -0.1) is 0 Å². The third-order valence-corrected chi connectivity index (χ3v) is 4.06. The normalized spacial score (nSPS) is 11.1. The Balaban J connectivity index is 1.59. The Morgan fingerprint density at radius 3 is 2.88 bits per heavy atom. The summed E-state index contributed by atoms with van der Waals surface area (Å²) in [6.07, 6.45) is 0. The average Bonchev–Trinajstić information content (AvgIpc) is 2.95. The molecule has 8 heteroatoms. The number of aromatic amines is 1. The van der Waals surface area contributed by atoms with Gasteiger partial charge in [-0.3, -0.25) is 9.69 Å². The minimum Gasteiger partial charge on any atom is -0.495 e. The van der Waals surface area contributed by atoms with Crippen LogP contribution in [0.4, 0.5) is 10.1 Å². The summed E-state index contributed by atoms with van der Waals surface area (Å²) in [5.41, 5.74) is 1.91. The van der Waals surface area contributed by atoms with Crippen molar-refractivity contribution in [3.8, 4) is 5.75 Å². The number of likely N-dealkylation sites (N-methyl/N-ethyl adjacent to an activating group) is 1. The summed E-state index contributed by atoms with van der Waals surface area (Å²) >= 11 is 6.05. The zero-order valence-corrected chi connectivity index (χ0v) is 15.1. The first-order chi connectivity index (χ1) is 12.4. The minimum absolute atomic E-state index is 0.162. The lowest BCUT2D eigenvalue weighted by atomic mass is 10.3. The molecule has 0 fully saturated rings. The van der Waals surface area contributed by atoms with Crippen molar-refractivity contribution < 1.29 is 13.9 Å². The van der Waals surface area contributed by atoms with Gasteiger partial charge in [-0.2, -0.15) is 0 Å². The van der Waals surface area contributed by atoms with Crippen molar-refractivity contribution in [2.45, 2.75) is 6.54 Å². The van der Waals surface area contributed by atoms with Crippen LogP contribution >= 0.6 is 11.6 Å². The molecule has 3 rings (SSSR count). The molecule has 1 amide bonds. The van der Waals surface area contributed by atoms with Crippen LogP contribution in [-0.2, 0) is 11.3 Å². The highest BCUT2D eigenvalue weighted by atomic mass is 35.5. The van der Waals surface area contributed by atoms with Gasteiger partial charge >= 0.3 is 0 Å². The number of hydrogen-bond donors (Lipinski definition) is 2. The van der Waals surface area contributed by atoms with Crippen LogP contribution in [0.5, 0.6) is 5.75 Å². The van der Waals surface area contributed by atoms with Crippen LogP contribution in [0.1, 0.15) is 5.82 Å². The van der Waals surface area contributed by atoms with Crippen LogP contribution in [-0.4, -0.2) is 41.5 Å². The number of methoxy groups -OCH3 is 1. The van der Waals surface area contributed by atoms with Crippen molar-refractivity contribution >= 4 is 34.2 Å². The van der Waals surface area contributed by atoms with E-state index >= 15 is 0 Å². The predicted octanol–water partition coefficient (Wildman–Crippen LogP) is 3.43. The number of carbonyl (C=O) groups excluding carboxylic acids is 1. The molecule has 6 nitrogen and oxygen atoms in total. The van der Waals surface area contributed by atoms with Gasteiger partial charge in [0.05, 0.1) is 36.3 Å². The van der Waals surface area contributed by atoms with Gasteiger partial charge in [-0.05, 0) is 43.4 Å². The van der Waals surface area contributed by atoms with Crippen molar-refractivity contribution in [3.63, 3.8) is 0 Å². The van der Waals surface area contributed by atoms with Gasteiger partial charge in [-0.1, -0.05) is 11.6 Å². The number of imidazole rings is 1. The van der Waals surface area contributed by atoms with E-state index in [4.69, 9.17) is 16.3 Å². The molecular weight excluding hydrogens is 359 g/mol. The summed E-state index contributed by atoms with van der Waals surface area (Å²) in [5.74, 6) is 0.700. The van der Waals surface area contributed by atoms with Crippen LogP contribution < -0.4 is 10.1 Å². The Bertz CT molecular complexity index is 944. The lowest BCUT2D eigenvalue weighted by Gasteiger charge is -2.15. The fourth-order valence-electron chi connectivity index (χ4n) is 2.61. The second kappa shape index (κ2) is 7.72. The first kappa shape index (κ1) is 18.2. The van der Waals surface area contributed by atoms with Crippen molar-refractivity contribution in [1.82, 2.24) is 14.9 Å². The fraction of sp³-hybridized carbons (Fsp3) is 0.222. The molecule has 26 heavy (non-hydrogen) atoms. The smallest absolute Gasteiger partial charge is 0.238 e. The molecule has 3 aromatic rings. The van der Waals surface area contributed by atoms with Crippen molar-refractivity contribution in [2.24, 2.45) is 0 Å². The summed E-state index contributed by atoms with van der Waals surface area (Å²) in [6.45, 7) is 0.585. The fourth-order valence-corrected chi connectivity index (χ4v) is 2.87. The molecule has 0 atom stereocenters. The van der Waals surface area contributed by atoms with E-state index < -0.39 is 0 Å². The standard InChI is InChI=1S/C18H18ClFN4O2/c1-24(9-17-22-14-5-3-11(20)7-15(14)23-17)10-18(25)21-12-4-6-16(26-2)13(19)8-12/h3-8H,9-10H2,1-2H3,(H,21,25)(H,22,23). The lowest BCUT2D eigenvalue weighted by Crippen LogP contribution is -2.30. The number of aromatic nitrogens is 2. The third-order valence-electron chi connectivity index (χ3n) is 3.76. The number of hydrogen-bond acceptors (Lipinski definition) is 4. The van der Waals surface area contributed by atoms with Crippen LogP contribution in [0.3, 0.4) is 0 Å². The van der Waals surface area contributed by atoms with Crippen molar-refractivity contribution in [3.05, 3.63) is 53.1 Å². The monoisotopic (exact) mass is 376 g/mol. The Morgan fingerprint density at radius 2 is 2.15 bits per heavy atom. The number of amides is 1. The summed E-state index contributed by atoms with van der Waals surface area (Å²) in [5, 5.41) is 3.21. The van der Waals surface area contributed by atoms with E-state index in [1.807, 2.05) is 0 Å². The summed E-state index contributed by atoms with van der Waals surface area (Å²) in [7, 11) is 3.33. The Labute approximate surface area is 154 Å². The minimum atomic E-state index is -0.321. The second-order valence-electron chi connectivity index (χ2n) is 5.91. The van der Waals surface area contributed by atoms with Crippen molar-refractivity contribution in [1.29, 1.82) is 0 Å². The van der Waals surface area contributed by atoms with E-state index in [0.29, 0.717) is 39.9 Å². The molecule has 0 spiro atoms. The maximum absolute atomic E-state index is 13.2. The Morgan fingerprint density at radius 1 is 1.35 bits per heavy atom. The molecule has 0 aliphatic rings. The molecule has 0 aliphatic carbocycles. The molecule has 0 radical (unpaired) electrons. The van der Waals surface area contributed by atoms with Gasteiger partial charge in [0.2, 0.25) is 5.91 Å². The number of fused-ring (bicyclic) bond motifs is 1. The maximum Gasteiger partial charge on any atom is 0.238 e. The number of ether oxygens (including phenoxy) is 1. The molecule has 1 heterocycles. The molecule has 0 saturated heterocycles. The molecular formula is C18H18ClFN4O2. The Kier molecular flexibility index (Phi) is 5.39. The molecule has 2 N–H and O–H groups in total. The Hall–Kier alpha value is -2.64. The number of rotatable bonds is 6. The van der Waals surface area contributed by atoms with Crippen LogP contribution in [0.2, 0.25) is 5.02 Å². The van der Waals surface area contributed by atoms with Crippen LogP contribution in [0.25, 0.3) is 11.0 Å².